The quantitative estimate of drug-likeness (QED) is 0.898. The molecule has 0 fully saturated rings. The third-order valence-electron chi connectivity index (χ3n) is 2.50. The maximum absolute atomic E-state index is 11.2. The average molecular weight is 271 g/mol. The van der Waals surface area contributed by atoms with Gasteiger partial charge in [0.15, 0.2) is 0 Å². The van der Waals surface area contributed by atoms with Crippen molar-refractivity contribution in [2.75, 3.05) is 0 Å². The number of ether oxygens (including phenoxy) is 1. The van der Waals surface area contributed by atoms with Gasteiger partial charge in [-0.25, -0.2) is 4.79 Å². The molecule has 1 N–H and O–H groups in total. The summed E-state index contributed by atoms with van der Waals surface area (Å²) in [5.74, 6) is -0.615. The maximum Gasteiger partial charge on any atom is 0.337 e. The molecule has 0 saturated heterocycles. The molecule has 0 bridgehead atoms. The first kappa shape index (κ1) is 14.8. The second kappa shape index (κ2) is 5.19. The molecule has 0 atom stereocenters. The lowest BCUT2D eigenvalue weighted by Gasteiger charge is -2.22. The molecule has 1 aromatic carbocycles. The minimum Gasteiger partial charge on any atom is -0.489 e. The van der Waals surface area contributed by atoms with Crippen molar-refractivity contribution in [1.82, 2.24) is 0 Å². The first-order valence-electron chi connectivity index (χ1n) is 5.87. The van der Waals surface area contributed by atoms with Crippen LogP contribution in [0.5, 0.6) is 5.75 Å². The van der Waals surface area contributed by atoms with Crippen molar-refractivity contribution >= 4 is 17.6 Å². The molecule has 0 heterocycles. The molecule has 0 radical (unpaired) electrons. The summed E-state index contributed by atoms with van der Waals surface area (Å²) in [6.07, 6.45) is -0.0561. The van der Waals surface area contributed by atoms with Gasteiger partial charge < -0.3 is 9.84 Å². The van der Waals surface area contributed by atoms with E-state index in [1.165, 1.54) is 0 Å². The lowest BCUT2D eigenvalue weighted by atomic mass is 9.86. The van der Waals surface area contributed by atoms with Gasteiger partial charge in [-0.1, -0.05) is 32.4 Å². The van der Waals surface area contributed by atoms with Crippen LogP contribution < -0.4 is 4.74 Å². The van der Waals surface area contributed by atoms with E-state index in [-0.39, 0.29) is 22.1 Å². The highest BCUT2D eigenvalue weighted by atomic mass is 35.5. The molecule has 100 valence electrons. The number of carboxylic acids is 1. The van der Waals surface area contributed by atoms with Crippen LogP contribution >= 0.6 is 11.6 Å². The van der Waals surface area contributed by atoms with E-state index in [0.29, 0.717) is 5.75 Å². The van der Waals surface area contributed by atoms with Crippen molar-refractivity contribution in [3.8, 4) is 5.75 Å². The first-order chi connectivity index (χ1) is 8.12. The fraction of sp³-hybridized carbons (Fsp3) is 0.500. The maximum atomic E-state index is 11.2. The molecular weight excluding hydrogens is 252 g/mol. The molecule has 0 saturated carbocycles. The summed E-state index contributed by atoms with van der Waals surface area (Å²) in [6.45, 7) is 9.80. The zero-order chi connectivity index (χ0) is 14.1. The summed E-state index contributed by atoms with van der Waals surface area (Å²) in [6, 6.07) is 3.42. The standard InChI is InChI=1S/C14H19ClO3/c1-8(2)18-11-7-9(14(3,4)5)6-10(12(11)15)13(16)17/h6-8H,1-5H3,(H,16,17). The summed E-state index contributed by atoms with van der Waals surface area (Å²) in [5, 5.41) is 9.33. The number of rotatable bonds is 3. The summed E-state index contributed by atoms with van der Waals surface area (Å²) in [5.41, 5.74) is 0.809. The van der Waals surface area contributed by atoms with Crippen LogP contribution in [0, 0.1) is 0 Å². The van der Waals surface area contributed by atoms with Crippen molar-refractivity contribution in [3.05, 3.63) is 28.3 Å². The highest BCUT2D eigenvalue weighted by molar-refractivity contribution is 6.35. The van der Waals surface area contributed by atoms with E-state index in [1.807, 2.05) is 40.7 Å². The van der Waals surface area contributed by atoms with Crippen LogP contribution in [0.25, 0.3) is 0 Å². The van der Waals surface area contributed by atoms with E-state index in [9.17, 15) is 9.90 Å². The lowest BCUT2D eigenvalue weighted by molar-refractivity contribution is 0.0696. The number of benzene rings is 1. The summed E-state index contributed by atoms with van der Waals surface area (Å²) >= 11 is 6.06. The molecule has 0 amide bonds. The number of hydrogen-bond donors (Lipinski definition) is 1. The fourth-order valence-electron chi connectivity index (χ4n) is 1.53. The first-order valence-corrected chi connectivity index (χ1v) is 6.24. The molecular formula is C14H19ClO3. The predicted molar refractivity (Wildman–Crippen MR) is 72.9 cm³/mol. The van der Waals surface area contributed by atoms with Crippen molar-refractivity contribution < 1.29 is 14.6 Å². The smallest absolute Gasteiger partial charge is 0.337 e. The molecule has 0 aliphatic heterocycles. The second-order valence-electron chi connectivity index (χ2n) is 5.56. The molecule has 0 unspecified atom stereocenters. The zero-order valence-electron chi connectivity index (χ0n) is 11.4. The van der Waals surface area contributed by atoms with Crippen LogP contribution in [0.4, 0.5) is 0 Å². The van der Waals surface area contributed by atoms with Crippen LogP contribution in [0.3, 0.4) is 0 Å². The molecule has 1 aromatic rings. The van der Waals surface area contributed by atoms with E-state index < -0.39 is 5.97 Å². The minimum atomic E-state index is -1.04. The number of halogens is 1. The predicted octanol–water partition coefficient (Wildman–Crippen LogP) is 4.12. The number of aromatic carboxylic acids is 1. The van der Waals surface area contributed by atoms with Gasteiger partial charge >= 0.3 is 5.97 Å². The fourth-order valence-corrected chi connectivity index (χ4v) is 1.76. The van der Waals surface area contributed by atoms with E-state index in [0.717, 1.165) is 5.56 Å². The van der Waals surface area contributed by atoms with Gasteiger partial charge in [0.25, 0.3) is 0 Å². The van der Waals surface area contributed by atoms with E-state index >= 15 is 0 Å². The molecule has 4 heteroatoms. The topological polar surface area (TPSA) is 46.5 Å². The largest absolute Gasteiger partial charge is 0.489 e. The number of carbonyl (C=O) groups is 1. The Morgan fingerprint density at radius 2 is 1.89 bits per heavy atom. The Kier molecular flexibility index (Phi) is 4.28. The average Bonchev–Trinajstić information content (AvgIpc) is 2.18. The zero-order valence-corrected chi connectivity index (χ0v) is 12.1. The number of carboxylic acid groups (broad SMARTS) is 1. The molecule has 0 spiro atoms. The van der Waals surface area contributed by atoms with Crippen molar-refractivity contribution in [1.29, 1.82) is 0 Å². The van der Waals surface area contributed by atoms with E-state index in [4.69, 9.17) is 16.3 Å². The van der Waals surface area contributed by atoms with E-state index in [2.05, 4.69) is 0 Å². The van der Waals surface area contributed by atoms with Gasteiger partial charge in [-0.3, -0.25) is 0 Å². The molecule has 3 nitrogen and oxygen atoms in total. The molecule has 18 heavy (non-hydrogen) atoms. The SMILES string of the molecule is CC(C)Oc1cc(C(C)(C)C)cc(C(=O)O)c1Cl. The van der Waals surface area contributed by atoms with Gasteiger partial charge in [0, 0.05) is 0 Å². The van der Waals surface area contributed by atoms with E-state index in [1.54, 1.807) is 6.07 Å². The highest BCUT2D eigenvalue weighted by Gasteiger charge is 2.22. The monoisotopic (exact) mass is 270 g/mol. The number of hydrogen-bond acceptors (Lipinski definition) is 2. The van der Waals surface area contributed by atoms with Crippen LogP contribution in [-0.2, 0) is 5.41 Å². The summed E-state index contributed by atoms with van der Waals surface area (Å²) in [7, 11) is 0. The van der Waals surface area contributed by atoms with Gasteiger partial charge in [0.05, 0.1) is 16.7 Å². The van der Waals surface area contributed by atoms with Crippen molar-refractivity contribution in [2.45, 2.75) is 46.1 Å². The summed E-state index contributed by atoms with van der Waals surface area (Å²) < 4.78 is 5.58. The van der Waals surface area contributed by atoms with Crippen molar-refractivity contribution in [3.63, 3.8) is 0 Å². The Bertz CT molecular complexity index is 459. The highest BCUT2D eigenvalue weighted by Crippen LogP contribution is 2.35. The van der Waals surface area contributed by atoms with Gasteiger partial charge in [0.2, 0.25) is 0 Å². The van der Waals surface area contributed by atoms with Gasteiger partial charge in [-0.05, 0) is 37.0 Å². The lowest BCUT2D eigenvalue weighted by Crippen LogP contribution is -2.15. The normalized spacial score (nSPS) is 11.7. The van der Waals surface area contributed by atoms with Crippen LogP contribution in [-0.4, -0.2) is 17.2 Å². The molecule has 0 aromatic heterocycles. The van der Waals surface area contributed by atoms with Crippen LogP contribution in [0.15, 0.2) is 12.1 Å². The Morgan fingerprint density at radius 1 is 1.33 bits per heavy atom. The van der Waals surface area contributed by atoms with Crippen molar-refractivity contribution in [2.24, 2.45) is 0 Å². The molecule has 0 aliphatic rings. The Hall–Kier alpha value is -1.22. The third-order valence-corrected chi connectivity index (χ3v) is 2.89. The Balaban J connectivity index is 3.42. The van der Waals surface area contributed by atoms with Gasteiger partial charge in [-0.15, -0.1) is 0 Å². The summed E-state index contributed by atoms with van der Waals surface area (Å²) in [4.78, 5) is 11.2. The molecule has 1 rings (SSSR count). The second-order valence-corrected chi connectivity index (χ2v) is 5.94. The van der Waals surface area contributed by atoms with Crippen LogP contribution in [0.2, 0.25) is 5.02 Å². The van der Waals surface area contributed by atoms with Gasteiger partial charge in [-0.2, -0.15) is 0 Å². The minimum absolute atomic E-state index is 0.0561. The third kappa shape index (κ3) is 3.39. The Labute approximate surface area is 113 Å². The molecule has 0 aliphatic carbocycles. The van der Waals surface area contributed by atoms with Gasteiger partial charge in [0.1, 0.15) is 5.75 Å². The Morgan fingerprint density at radius 3 is 2.28 bits per heavy atom. The van der Waals surface area contributed by atoms with Crippen LogP contribution in [0.1, 0.15) is 50.5 Å².